The van der Waals surface area contributed by atoms with Crippen molar-refractivity contribution in [2.75, 3.05) is 50.3 Å². The Morgan fingerprint density at radius 2 is 0.854 bits per heavy atom. The fourth-order valence-corrected chi connectivity index (χ4v) is 8.26. The summed E-state index contributed by atoms with van der Waals surface area (Å²) < 4.78 is 10.4. The Balaban J connectivity index is 0.749. The van der Waals surface area contributed by atoms with Gasteiger partial charge in [0, 0.05) is 131 Å². The van der Waals surface area contributed by atoms with Crippen molar-refractivity contribution in [2.45, 2.75) is 19.3 Å². The van der Waals surface area contributed by atoms with E-state index in [1.165, 1.54) is 88.8 Å². The van der Waals surface area contributed by atoms with Crippen LogP contribution in [-0.2, 0) is 58.9 Å². The van der Waals surface area contributed by atoms with Crippen LogP contribution in [0.15, 0.2) is 80.0 Å². The van der Waals surface area contributed by atoms with Gasteiger partial charge in [-0.05, 0) is 30.7 Å². The van der Waals surface area contributed by atoms with Crippen LogP contribution in [0.4, 0.5) is 40.2 Å². The molecule has 0 saturated carbocycles. The zero-order chi connectivity index (χ0) is 59.1. The van der Waals surface area contributed by atoms with Gasteiger partial charge in [0.05, 0.1) is 22.7 Å². The van der Waals surface area contributed by atoms with Crippen LogP contribution in [-0.4, -0.2) is 134 Å². The second kappa shape index (κ2) is 24.1. The molecule has 0 unspecified atom stereocenters. The monoisotopic (exact) mass is 1130 g/mol. The maximum atomic E-state index is 13.4. The molecule has 82 heavy (non-hydrogen) atoms. The zero-order valence-electron chi connectivity index (χ0n) is 45.0. The van der Waals surface area contributed by atoms with Gasteiger partial charge in [0.25, 0.3) is 41.4 Å². The number of aromatic amines is 1. The fraction of sp³-hybridized carbons (Fsp3) is 0.240. The first-order chi connectivity index (χ1) is 39.0. The number of rotatable bonds is 22. The first-order valence-corrected chi connectivity index (χ1v) is 24.7. The molecule has 0 atom stereocenters. The first kappa shape index (κ1) is 56.9. The van der Waals surface area contributed by atoms with Gasteiger partial charge in [-0.15, -0.1) is 0 Å². The number of aromatic nitrogens is 12. The van der Waals surface area contributed by atoms with Gasteiger partial charge in [0.2, 0.25) is 29.3 Å². The third-order valence-corrected chi connectivity index (χ3v) is 12.2. The molecule has 0 aromatic carbocycles. The third-order valence-electron chi connectivity index (χ3n) is 12.2. The number of carbonyl (C=O) groups excluding carboxylic acids is 9. The van der Waals surface area contributed by atoms with E-state index in [1.54, 1.807) is 72.5 Å². The van der Waals surface area contributed by atoms with Crippen LogP contribution in [0.5, 0.6) is 0 Å². The van der Waals surface area contributed by atoms with Crippen molar-refractivity contribution in [2.24, 2.45) is 49.3 Å². The van der Waals surface area contributed by atoms with Gasteiger partial charge < -0.3 is 89.9 Å². The number of amides is 9. The predicted molar refractivity (Wildman–Crippen MR) is 292 cm³/mol. The number of carbonyl (C=O) groups is 10. The van der Waals surface area contributed by atoms with E-state index < -0.39 is 59.1 Å². The minimum absolute atomic E-state index is 0.0148. The Morgan fingerprint density at radius 3 is 1.32 bits per heavy atom. The van der Waals surface area contributed by atoms with Crippen LogP contribution in [0.25, 0.3) is 0 Å². The van der Waals surface area contributed by atoms with E-state index in [4.69, 9.17) is 5.11 Å². The molecular weight excluding hydrogens is 1070 g/mol. The fourth-order valence-electron chi connectivity index (χ4n) is 8.26. The lowest BCUT2D eigenvalue weighted by Crippen LogP contribution is -2.29. The number of hydrogen-bond acceptors (Lipinski definition) is 14. The SMILES string of the molecule is Cn1cc(NC(=O)c2nc(NC(=O)c3cc(NC(=O)c4cc(NC(=O)c5nccn5C)cn4C)cn3C)cn2C)cc1C(=O)NCCCC(=O)Nc1cn(C)c(C(=O)Nc2cc(C(=O)NCCC(=O)Nc3c[nH]c(C(=O)O)n3)n(C)c2)n1. The number of carboxylic acids is 1. The number of carboxylic acid groups (broad SMARTS) is 1. The van der Waals surface area contributed by atoms with Crippen LogP contribution in [0.3, 0.4) is 0 Å². The second-order valence-electron chi connectivity index (χ2n) is 18.6. The summed E-state index contributed by atoms with van der Waals surface area (Å²) in [5, 5.41) is 32.9. The highest BCUT2D eigenvalue weighted by Gasteiger charge is 2.23. The molecule has 0 aliphatic rings. The molecule has 8 aromatic heterocycles. The topological polar surface area (TPSA) is 401 Å². The zero-order valence-corrected chi connectivity index (χ0v) is 45.0. The standard InChI is InChI=1S/C50H55N21O11/c1-65-14-13-51-40(65)47(78)56-29-18-32(68(4)23-29)45(76)55-26-17-33(69(5)20-26)46(77)64-36-25-71(7)42(63-36)49(80)58-27-15-30(66(2)21-27)43(74)52-11-8-9-37(72)60-35-24-70(6)41(62-35)48(79)57-28-16-31(67(3)22-28)44(75)53-12-10-38(73)59-34-19-54-39(61-34)50(81)82/h13-25H,8-12H2,1-7H3,(H,52,74)(H,53,75)(H,54,61)(H,55,76)(H,56,78)(H,57,79)(H,58,80)(H,59,73)(H,60,72)(H,64,77)(H,81,82). The Labute approximate surface area is 463 Å². The van der Waals surface area contributed by atoms with E-state index >= 15 is 0 Å². The molecular formula is C50H55N21O11. The molecule has 0 aliphatic carbocycles. The first-order valence-electron chi connectivity index (χ1n) is 24.7. The number of aromatic carboxylic acids is 1. The highest BCUT2D eigenvalue weighted by Crippen LogP contribution is 2.21. The minimum Gasteiger partial charge on any atom is -0.475 e. The van der Waals surface area contributed by atoms with E-state index in [1.807, 2.05) is 0 Å². The lowest BCUT2D eigenvalue weighted by Gasteiger charge is -2.06. The third kappa shape index (κ3) is 13.5. The second-order valence-corrected chi connectivity index (χ2v) is 18.6. The molecule has 0 spiro atoms. The van der Waals surface area contributed by atoms with Gasteiger partial charge in [-0.1, -0.05) is 0 Å². The van der Waals surface area contributed by atoms with Gasteiger partial charge in [0.15, 0.2) is 23.3 Å². The summed E-state index contributed by atoms with van der Waals surface area (Å²) in [6.45, 7) is 0.0487. The Morgan fingerprint density at radius 1 is 0.439 bits per heavy atom. The van der Waals surface area contributed by atoms with Crippen molar-refractivity contribution < 1.29 is 53.1 Å². The van der Waals surface area contributed by atoms with Crippen LogP contribution in [0.1, 0.15) is 104 Å². The number of H-pyrrole nitrogens is 1. The summed E-state index contributed by atoms with van der Waals surface area (Å²) in [5.74, 6) is -6.19. The normalized spacial score (nSPS) is 10.9. The molecule has 0 fully saturated rings. The van der Waals surface area contributed by atoms with E-state index in [0.717, 1.165) is 0 Å². The largest absolute Gasteiger partial charge is 0.475 e. The van der Waals surface area contributed by atoms with Crippen molar-refractivity contribution in [1.29, 1.82) is 0 Å². The summed E-state index contributed by atoms with van der Waals surface area (Å²) >= 11 is 0. The maximum Gasteiger partial charge on any atom is 0.371 e. The molecule has 0 aliphatic heterocycles. The molecule has 0 radical (unpaired) electrons. The van der Waals surface area contributed by atoms with E-state index in [0.29, 0.717) is 11.4 Å². The Bertz CT molecular complexity index is 3840. The number of anilines is 7. The number of aryl methyl sites for hydroxylation is 7. The summed E-state index contributed by atoms with van der Waals surface area (Å²) in [6, 6.07) is 5.84. The molecule has 426 valence electrons. The summed E-state index contributed by atoms with van der Waals surface area (Å²) in [6.07, 6.45) is 13.4. The van der Waals surface area contributed by atoms with Gasteiger partial charge in [-0.25, -0.2) is 24.7 Å². The van der Waals surface area contributed by atoms with Crippen molar-refractivity contribution in [3.05, 3.63) is 126 Å². The lowest BCUT2D eigenvalue weighted by atomic mass is 10.3. The van der Waals surface area contributed by atoms with E-state index in [-0.39, 0.29) is 107 Å². The number of nitrogens with one attached hydrogen (secondary N) is 10. The molecule has 32 nitrogen and oxygen atoms in total. The molecule has 0 saturated heterocycles. The maximum absolute atomic E-state index is 13.4. The quantitative estimate of drug-likeness (QED) is 0.0431. The lowest BCUT2D eigenvalue weighted by molar-refractivity contribution is -0.117. The van der Waals surface area contributed by atoms with Crippen LogP contribution < -0.4 is 47.9 Å². The molecule has 8 aromatic rings. The van der Waals surface area contributed by atoms with Crippen LogP contribution in [0.2, 0.25) is 0 Å². The average Bonchev–Trinajstić information content (AvgIpc) is 4.42. The highest BCUT2D eigenvalue weighted by molar-refractivity contribution is 6.09. The number of nitrogens with zero attached hydrogens (tertiary/aromatic N) is 11. The number of hydrogen-bond donors (Lipinski definition) is 11. The molecule has 8 heterocycles. The smallest absolute Gasteiger partial charge is 0.371 e. The Kier molecular flexibility index (Phi) is 16.7. The van der Waals surface area contributed by atoms with Gasteiger partial charge >= 0.3 is 5.97 Å². The molecule has 32 heteroatoms. The van der Waals surface area contributed by atoms with Crippen molar-refractivity contribution in [1.82, 2.24) is 67.5 Å². The summed E-state index contributed by atoms with van der Waals surface area (Å²) in [7, 11) is 11.2. The van der Waals surface area contributed by atoms with Crippen molar-refractivity contribution in [3.8, 4) is 0 Å². The van der Waals surface area contributed by atoms with E-state index in [2.05, 4.69) is 72.8 Å². The van der Waals surface area contributed by atoms with Crippen molar-refractivity contribution >= 4 is 99.3 Å². The van der Waals surface area contributed by atoms with Gasteiger partial charge in [-0.3, -0.25) is 43.2 Å². The molecule has 0 bridgehead atoms. The van der Waals surface area contributed by atoms with Crippen molar-refractivity contribution in [3.63, 3.8) is 0 Å². The Hall–Kier alpha value is -11.3. The molecule has 11 N–H and O–H groups in total. The average molecular weight is 1130 g/mol. The predicted octanol–water partition coefficient (Wildman–Crippen LogP) is 1.83. The molecule has 8 rings (SSSR count). The summed E-state index contributed by atoms with van der Waals surface area (Å²) in [5.41, 5.74) is 1.97. The van der Waals surface area contributed by atoms with Crippen LogP contribution >= 0.6 is 0 Å². The van der Waals surface area contributed by atoms with Crippen LogP contribution in [0, 0.1) is 0 Å². The van der Waals surface area contributed by atoms with Gasteiger partial charge in [-0.2, -0.15) is 0 Å². The number of imidazole rings is 4. The van der Waals surface area contributed by atoms with Gasteiger partial charge in [0.1, 0.15) is 22.8 Å². The summed E-state index contributed by atoms with van der Waals surface area (Å²) in [4.78, 5) is 147. The molecule has 9 amide bonds. The van der Waals surface area contributed by atoms with E-state index in [9.17, 15) is 47.9 Å². The minimum atomic E-state index is -1.29. The highest BCUT2D eigenvalue weighted by atomic mass is 16.4.